The second-order valence-electron chi connectivity index (χ2n) is 5.08. The lowest BCUT2D eigenvalue weighted by atomic mass is 9.91. The fraction of sp³-hybridized carbons (Fsp3) is 0.600. The molecule has 0 spiro atoms. The number of rotatable bonds is 5. The van der Waals surface area contributed by atoms with E-state index in [1.807, 2.05) is 11.8 Å². The Balaban J connectivity index is 1.71. The van der Waals surface area contributed by atoms with Crippen LogP contribution in [0.25, 0.3) is 0 Å². The largest absolute Gasteiger partial charge is 0.327 e. The molecule has 0 aliphatic carbocycles. The van der Waals surface area contributed by atoms with E-state index in [0.29, 0.717) is 12.0 Å². The van der Waals surface area contributed by atoms with Crippen LogP contribution in [0.4, 0.5) is 0 Å². The quantitative estimate of drug-likeness (QED) is 0.829. The predicted octanol–water partition coefficient (Wildman–Crippen LogP) is 2.84. The van der Waals surface area contributed by atoms with Gasteiger partial charge in [0.15, 0.2) is 0 Å². The van der Waals surface area contributed by atoms with Crippen LogP contribution in [-0.4, -0.2) is 36.3 Å². The topological polar surface area (TPSA) is 29.3 Å². The lowest BCUT2D eigenvalue weighted by Crippen LogP contribution is -2.47. The Morgan fingerprint density at radius 3 is 2.83 bits per heavy atom. The highest BCUT2D eigenvalue weighted by Gasteiger charge is 2.24. The van der Waals surface area contributed by atoms with Crippen LogP contribution in [0.15, 0.2) is 35.2 Å². The van der Waals surface area contributed by atoms with Gasteiger partial charge in [0, 0.05) is 29.8 Å². The van der Waals surface area contributed by atoms with Crippen molar-refractivity contribution in [1.82, 2.24) is 4.90 Å². The van der Waals surface area contributed by atoms with Gasteiger partial charge in [0.1, 0.15) is 0 Å². The molecule has 1 saturated heterocycles. The molecule has 0 radical (unpaired) electrons. The van der Waals surface area contributed by atoms with Crippen molar-refractivity contribution in [3.8, 4) is 0 Å². The zero-order valence-corrected chi connectivity index (χ0v) is 12.0. The van der Waals surface area contributed by atoms with E-state index >= 15 is 0 Å². The van der Waals surface area contributed by atoms with Crippen LogP contribution in [0, 0.1) is 5.92 Å². The van der Waals surface area contributed by atoms with Crippen molar-refractivity contribution in [3.05, 3.63) is 30.3 Å². The summed E-state index contributed by atoms with van der Waals surface area (Å²) in [5.41, 5.74) is 6.14. The van der Waals surface area contributed by atoms with E-state index in [-0.39, 0.29) is 0 Å². The van der Waals surface area contributed by atoms with Gasteiger partial charge in [-0.2, -0.15) is 0 Å². The van der Waals surface area contributed by atoms with Crippen LogP contribution >= 0.6 is 11.8 Å². The van der Waals surface area contributed by atoms with Gasteiger partial charge in [-0.05, 0) is 31.0 Å². The molecule has 0 saturated carbocycles. The molecule has 2 N–H and O–H groups in total. The van der Waals surface area contributed by atoms with Gasteiger partial charge >= 0.3 is 0 Å². The van der Waals surface area contributed by atoms with E-state index in [1.54, 1.807) is 0 Å². The van der Waals surface area contributed by atoms with E-state index in [2.05, 4.69) is 42.2 Å². The molecule has 1 aliphatic rings. The minimum absolute atomic E-state index is 0.424. The summed E-state index contributed by atoms with van der Waals surface area (Å²) in [5, 5.41) is 0. The molecular formula is C15H24N2S. The number of piperidine rings is 1. The molecule has 100 valence electrons. The molecule has 1 heterocycles. The zero-order valence-electron chi connectivity index (χ0n) is 11.2. The van der Waals surface area contributed by atoms with Crippen LogP contribution in [0.2, 0.25) is 0 Å². The summed E-state index contributed by atoms with van der Waals surface area (Å²) in [4.78, 5) is 3.95. The maximum atomic E-state index is 6.14. The molecule has 1 aliphatic heterocycles. The standard InChI is InChI=1S/C15H24N2S/c1-2-13-12-17(9-8-15(13)16)10-11-18-14-6-4-3-5-7-14/h3-7,13,15H,2,8-12,16H2,1H3. The molecular weight excluding hydrogens is 240 g/mol. The molecule has 1 aromatic carbocycles. The van der Waals surface area contributed by atoms with Crippen molar-refractivity contribution in [2.45, 2.75) is 30.7 Å². The molecule has 1 fully saturated rings. The third kappa shape index (κ3) is 4.01. The fourth-order valence-corrected chi connectivity index (χ4v) is 3.50. The van der Waals surface area contributed by atoms with Crippen LogP contribution in [0.5, 0.6) is 0 Å². The van der Waals surface area contributed by atoms with Crippen molar-refractivity contribution in [2.24, 2.45) is 11.7 Å². The van der Waals surface area contributed by atoms with Gasteiger partial charge in [-0.1, -0.05) is 31.5 Å². The summed E-state index contributed by atoms with van der Waals surface area (Å²) < 4.78 is 0. The Kier molecular flexibility index (Phi) is 5.54. The Morgan fingerprint density at radius 1 is 1.33 bits per heavy atom. The normalized spacial score (nSPS) is 25.2. The third-order valence-corrected chi connectivity index (χ3v) is 4.81. The highest BCUT2D eigenvalue weighted by molar-refractivity contribution is 7.99. The van der Waals surface area contributed by atoms with Gasteiger partial charge in [-0.25, -0.2) is 0 Å². The van der Waals surface area contributed by atoms with Gasteiger partial charge < -0.3 is 10.6 Å². The minimum atomic E-state index is 0.424. The van der Waals surface area contributed by atoms with Crippen LogP contribution in [0.3, 0.4) is 0 Å². The average molecular weight is 264 g/mol. The van der Waals surface area contributed by atoms with Crippen LogP contribution < -0.4 is 5.73 Å². The number of nitrogens with two attached hydrogens (primary N) is 1. The average Bonchev–Trinajstić information content (AvgIpc) is 2.42. The minimum Gasteiger partial charge on any atom is -0.327 e. The third-order valence-electron chi connectivity index (χ3n) is 3.82. The number of likely N-dealkylation sites (tertiary alicyclic amines) is 1. The second-order valence-corrected chi connectivity index (χ2v) is 6.25. The summed E-state index contributed by atoms with van der Waals surface area (Å²) in [7, 11) is 0. The smallest absolute Gasteiger partial charge is 0.0108 e. The molecule has 1 aromatic rings. The van der Waals surface area contributed by atoms with Gasteiger partial charge in [-0.15, -0.1) is 11.8 Å². The number of nitrogens with zero attached hydrogens (tertiary/aromatic N) is 1. The molecule has 0 aromatic heterocycles. The van der Waals surface area contributed by atoms with Gasteiger partial charge in [-0.3, -0.25) is 0 Å². The number of thioether (sulfide) groups is 1. The van der Waals surface area contributed by atoms with Crippen molar-refractivity contribution < 1.29 is 0 Å². The molecule has 2 unspecified atom stereocenters. The van der Waals surface area contributed by atoms with Crippen LogP contribution in [-0.2, 0) is 0 Å². The van der Waals surface area contributed by atoms with E-state index in [0.717, 1.165) is 6.42 Å². The number of hydrogen-bond acceptors (Lipinski definition) is 3. The summed E-state index contributed by atoms with van der Waals surface area (Å²) in [6.45, 7) is 5.80. The van der Waals surface area contributed by atoms with Crippen LogP contribution in [0.1, 0.15) is 19.8 Å². The van der Waals surface area contributed by atoms with Gasteiger partial charge in [0.2, 0.25) is 0 Å². The molecule has 2 rings (SSSR count). The Hall–Kier alpha value is -0.510. The first-order valence-electron chi connectivity index (χ1n) is 6.95. The van der Waals surface area contributed by atoms with Crippen molar-refractivity contribution in [3.63, 3.8) is 0 Å². The van der Waals surface area contributed by atoms with Crippen molar-refractivity contribution in [1.29, 1.82) is 0 Å². The Bertz CT molecular complexity index is 342. The molecule has 0 bridgehead atoms. The fourth-order valence-electron chi connectivity index (χ4n) is 2.57. The molecule has 3 heteroatoms. The SMILES string of the molecule is CCC1CN(CCSc2ccccc2)CCC1N. The second kappa shape index (κ2) is 7.17. The number of benzene rings is 1. The molecule has 2 nitrogen and oxygen atoms in total. The maximum absolute atomic E-state index is 6.14. The summed E-state index contributed by atoms with van der Waals surface area (Å²) in [6.07, 6.45) is 2.37. The molecule has 2 atom stereocenters. The van der Waals surface area contributed by atoms with Crippen molar-refractivity contribution in [2.75, 3.05) is 25.4 Å². The highest BCUT2D eigenvalue weighted by Crippen LogP contribution is 2.21. The maximum Gasteiger partial charge on any atom is 0.0108 e. The first kappa shape index (κ1) is 13.9. The van der Waals surface area contributed by atoms with Crippen molar-refractivity contribution >= 4 is 11.8 Å². The van der Waals surface area contributed by atoms with E-state index < -0.39 is 0 Å². The van der Waals surface area contributed by atoms with E-state index in [9.17, 15) is 0 Å². The lowest BCUT2D eigenvalue weighted by Gasteiger charge is -2.36. The van der Waals surface area contributed by atoms with E-state index in [1.165, 1.54) is 36.7 Å². The summed E-state index contributed by atoms with van der Waals surface area (Å²) in [6, 6.07) is 11.1. The number of hydrogen-bond donors (Lipinski definition) is 1. The van der Waals surface area contributed by atoms with E-state index in [4.69, 9.17) is 5.73 Å². The summed E-state index contributed by atoms with van der Waals surface area (Å²) in [5.74, 6) is 1.87. The Labute approximate surface area is 115 Å². The first-order chi connectivity index (χ1) is 8.79. The molecule has 18 heavy (non-hydrogen) atoms. The molecule has 0 amide bonds. The van der Waals surface area contributed by atoms with Gasteiger partial charge in [0.25, 0.3) is 0 Å². The first-order valence-corrected chi connectivity index (χ1v) is 7.94. The summed E-state index contributed by atoms with van der Waals surface area (Å²) >= 11 is 1.95. The Morgan fingerprint density at radius 2 is 2.11 bits per heavy atom. The highest BCUT2D eigenvalue weighted by atomic mass is 32.2. The van der Waals surface area contributed by atoms with Gasteiger partial charge in [0.05, 0.1) is 0 Å². The lowest BCUT2D eigenvalue weighted by molar-refractivity contribution is 0.160. The zero-order chi connectivity index (χ0) is 12.8. The monoisotopic (exact) mass is 264 g/mol. The predicted molar refractivity (Wildman–Crippen MR) is 80.0 cm³/mol.